The lowest BCUT2D eigenvalue weighted by atomic mass is 10.1. The van der Waals surface area contributed by atoms with E-state index in [0.29, 0.717) is 11.1 Å². The van der Waals surface area contributed by atoms with Crippen molar-refractivity contribution in [2.75, 3.05) is 4.90 Å². The van der Waals surface area contributed by atoms with Gasteiger partial charge < -0.3 is 4.90 Å². The maximum absolute atomic E-state index is 12.9. The monoisotopic (exact) mass is 296 g/mol. The molecule has 5 heteroatoms. The molecule has 0 bridgehead atoms. The van der Waals surface area contributed by atoms with E-state index in [-0.39, 0.29) is 17.6 Å². The predicted octanol–water partition coefficient (Wildman–Crippen LogP) is 3.49. The fraction of sp³-hybridized carbons (Fsp3) is 0.235. The van der Waals surface area contributed by atoms with Gasteiger partial charge in [0.05, 0.1) is 4.92 Å². The molecule has 3 rings (SSSR count). The third-order valence-electron chi connectivity index (χ3n) is 4.16. The molecule has 0 aromatic heterocycles. The molecule has 1 aliphatic heterocycles. The highest BCUT2D eigenvalue weighted by atomic mass is 16.6. The molecular formula is C17H16N2O3. The molecule has 2 aromatic carbocycles. The zero-order chi connectivity index (χ0) is 15.9. The Labute approximate surface area is 128 Å². The summed E-state index contributed by atoms with van der Waals surface area (Å²) in [6, 6.07) is 12.5. The van der Waals surface area contributed by atoms with Gasteiger partial charge in [0.1, 0.15) is 0 Å². The number of benzene rings is 2. The molecule has 0 radical (unpaired) electrons. The van der Waals surface area contributed by atoms with Gasteiger partial charge in [-0.3, -0.25) is 14.9 Å². The molecule has 112 valence electrons. The lowest BCUT2D eigenvalue weighted by Crippen LogP contribution is -2.36. The van der Waals surface area contributed by atoms with Crippen LogP contribution in [0, 0.1) is 17.0 Å². The summed E-state index contributed by atoms with van der Waals surface area (Å²) in [4.78, 5) is 25.3. The fourth-order valence-electron chi connectivity index (χ4n) is 3.06. The number of para-hydroxylation sites is 1. The van der Waals surface area contributed by atoms with E-state index in [2.05, 4.69) is 0 Å². The fourth-order valence-corrected chi connectivity index (χ4v) is 3.06. The quantitative estimate of drug-likeness (QED) is 0.629. The molecule has 2 aromatic rings. The van der Waals surface area contributed by atoms with Crippen molar-refractivity contribution < 1.29 is 9.72 Å². The summed E-state index contributed by atoms with van der Waals surface area (Å²) in [5.74, 6) is -0.182. The van der Waals surface area contributed by atoms with Gasteiger partial charge in [-0.25, -0.2) is 0 Å². The summed E-state index contributed by atoms with van der Waals surface area (Å²) in [5, 5.41) is 11.1. The molecule has 0 N–H and O–H groups in total. The van der Waals surface area contributed by atoms with Crippen LogP contribution >= 0.6 is 0 Å². The normalized spacial score (nSPS) is 16.5. The van der Waals surface area contributed by atoms with Gasteiger partial charge in [0, 0.05) is 28.9 Å². The largest absolute Gasteiger partial charge is 0.305 e. The first-order valence-electron chi connectivity index (χ1n) is 7.16. The van der Waals surface area contributed by atoms with Gasteiger partial charge in [0.25, 0.3) is 11.6 Å². The minimum atomic E-state index is -0.451. The van der Waals surface area contributed by atoms with E-state index in [1.54, 1.807) is 24.0 Å². The van der Waals surface area contributed by atoms with Crippen LogP contribution in [0.3, 0.4) is 0 Å². The van der Waals surface area contributed by atoms with E-state index in [9.17, 15) is 14.9 Å². The van der Waals surface area contributed by atoms with Crippen molar-refractivity contribution in [3.8, 4) is 0 Å². The molecule has 1 atom stereocenters. The summed E-state index contributed by atoms with van der Waals surface area (Å²) in [7, 11) is 0. The van der Waals surface area contributed by atoms with E-state index in [1.807, 2.05) is 31.2 Å². The van der Waals surface area contributed by atoms with E-state index >= 15 is 0 Å². The number of nitro benzene ring substituents is 1. The van der Waals surface area contributed by atoms with E-state index < -0.39 is 4.92 Å². The Morgan fingerprint density at radius 1 is 1.23 bits per heavy atom. The number of nitro groups is 1. The summed E-state index contributed by atoms with van der Waals surface area (Å²) >= 11 is 0. The molecule has 0 unspecified atom stereocenters. The predicted molar refractivity (Wildman–Crippen MR) is 84.3 cm³/mol. The maximum atomic E-state index is 12.9. The molecule has 0 saturated heterocycles. The molecule has 1 heterocycles. The van der Waals surface area contributed by atoms with E-state index in [0.717, 1.165) is 17.7 Å². The number of rotatable bonds is 2. The SMILES string of the molecule is Cc1c(C(=O)N2c3ccccc3C[C@@H]2C)cccc1[N+](=O)[O-]. The Kier molecular flexibility index (Phi) is 3.41. The van der Waals surface area contributed by atoms with Crippen LogP contribution in [0.4, 0.5) is 11.4 Å². The van der Waals surface area contributed by atoms with Crippen molar-refractivity contribution in [1.29, 1.82) is 0 Å². The van der Waals surface area contributed by atoms with E-state index in [1.165, 1.54) is 6.07 Å². The summed E-state index contributed by atoms with van der Waals surface area (Å²) in [6.45, 7) is 3.61. The van der Waals surface area contributed by atoms with E-state index in [4.69, 9.17) is 0 Å². The van der Waals surface area contributed by atoms with Crippen molar-refractivity contribution in [2.24, 2.45) is 0 Å². The highest BCUT2D eigenvalue weighted by molar-refractivity contribution is 6.09. The highest BCUT2D eigenvalue weighted by Crippen LogP contribution is 2.34. The third-order valence-corrected chi connectivity index (χ3v) is 4.16. The summed E-state index contributed by atoms with van der Waals surface area (Å²) in [6.07, 6.45) is 0.801. The summed E-state index contributed by atoms with van der Waals surface area (Å²) in [5.41, 5.74) is 2.80. The second-order valence-electron chi connectivity index (χ2n) is 5.56. The van der Waals surface area contributed by atoms with Crippen molar-refractivity contribution in [2.45, 2.75) is 26.3 Å². The van der Waals surface area contributed by atoms with Crippen molar-refractivity contribution in [3.05, 3.63) is 69.3 Å². The number of hydrogen-bond acceptors (Lipinski definition) is 3. The van der Waals surface area contributed by atoms with Crippen LogP contribution in [-0.2, 0) is 6.42 Å². The van der Waals surface area contributed by atoms with Crippen molar-refractivity contribution in [3.63, 3.8) is 0 Å². The van der Waals surface area contributed by atoms with Gasteiger partial charge in [0.2, 0.25) is 0 Å². The number of nitrogens with zero attached hydrogens (tertiary/aromatic N) is 2. The van der Waals surface area contributed by atoms with Crippen LogP contribution < -0.4 is 4.90 Å². The van der Waals surface area contributed by atoms with Crippen LogP contribution in [0.25, 0.3) is 0 Å². The minimum Gasteiger partial charge on any atom is -0.305 e. The third kappa shape index (κ3) is 2.15. The molecule has 5 nitrogen and oxygen atoms in total. The molecule has 0 spiro atoms. The smallest absolute Gasteiger partial charge is 0.273 e. The molecule has 0 saturated carbocycles. The Bertz CT molecular complexity index is 770. The molecule has 0 fully saturated rings. The topological polar surface area (TPSA) is 63.5 Å². The minimum absolute atomic E-state index is 0.0222. The van der Waals surface area contributed by atoms with Crippen LogP contribution in [0.5, 0.6) is 0 Å². The van der Waals surface area contributed by atoms with Gasteiger partial charge in [-0.1, -0.05) is 24.3 Å². The Hall–Kier alpha value is -2.69. The lowest BCUT2D eigenvalue weighted by Gasteiger charge is -2.23. The highest BCUT2D eigenvalue weighted by Gasteiger charge is 2.32. The first-order valence-corrected chi connectivity index (χ1v) is 7.16. The average Bonchev–Trinajstić information content (AvgIpc) is 2.82. The summed E-state index contributed by atoms with van der Waals surface area (Å²) < 4.78 is 0. The van der Waals surface area contributed by atoms with Crippen LogP contribution in [0.2, 0.25) is 0 Å². The first kappa shape index (κ1) is 14.3. The molecular weight excluding hydrogens is 280 g/mol. The first-order chi connectivity index (χ1) is 10.5. The number of carbonyl (C=O) groups is 1. The number of carbonyl (C=O) groups excluding carboxylic acids is 1. The lowest BCUT2D eigenvalue weighted by molar-refractivity contribution is -0.385. The van der Waals surface area contributed by atoms with Gasteiger partial charge in [0.15, 0.2) is 0 Å². The van der Waals surface area contributed by atoms with Crippen molar-refractivity contribution in [1.82, 2.24) is 0 Å². The maximum Gasteiger partial charge on any atom is 0.273 e. The second kappa shape index (κ2) is 5.26. The van der Waals surface area contributed by atoms with Gasteiger partial charge >= 0.3 is 0 Å². The number of fused-ring (bicyclic) bond motifs is 1. The molecule has 1 aliphatic rings. The number of amides is 1. The van der Waals surface area contributed by atoms with Crippen LogP contribution in [-0.4, -0.2) is 16.9 Å². The van der Waals surface area contributed by atoms with Gasteiger partial charge in [-0.15, -0.1) is 0 Å². The Morgan fingerprint density at radius 3 is 2.68 bits per heavy atom. The molecule has 22 heavy (non-hydrogen) atoms. The van der Waals surface area contributed by atoms with Crippen molar-refractivity contribution >= 4 is 17.3 Å². The van der Waals surface area contributed by atoms with Crippen LogP contribution in [0.1, 0.15) is 28.4 Å². The van der Waals surface area contributed by atoms with Gasteiger partial charge in [-0.05, 0) is 38.0 Å². The zero-order valence-electron chi connectivity index (χ0n) is 12.4. The standard InChI is InChI=1S/C17H16N2O3/c1-11-10-13-6-3-4-8-16(13)18(11)17(20)14-7-5-9-15(12(14)2)19(21)22/h3-9,11H,10H2,1-2H3/t11-/m0/s1. The Balaban J connectivity index is 2.06. The zero-order valence-corrected chi connectivity index (χ0v) is 12.4. The number of hydrogen-bond donors (Lipinski definition) is 0. The Morgan fingerprint density at radius 2 is 1.95 bits per heavy atom. The molecule has 1 amide bonds. The van der Waals surface area contributed by atoms with Gasteiger partial charge in [-0.2, -0.15) is 0 Å². The molecule has 0 aliphatic carbocycles. The average molecular weight is 296 g/mol. The number of anilines is 1. The second-order valence-corrected chi connectivity index (χ2v) is 5.56. The van der Waals surface area contributed by atoms with Crippen LogP contribution in [0.15, 0.2) is 42.5 Å².